The van der Waals surface area contributed by atoms with Gasteiger partial charge in [-0.05, 0) is 50.2 Å². The Morgan fingerprint density at radius 1 is 1.07 bits per heavy atom. The molecule has 1 saturated carbocycles. The van der Waals surface area contributed by atoms with Crippen molar-refractivity contribution >= 4 is 5.91 Å². The van der Waals surface area contributed by atoms with Gasteiger partial charge in [-0.15, -0.1) is 0 Å². The topological polar surface area (TPSA) is 47.4 Å². The fourth-order valence-corrected chi connectivity index (χ4v) is 4.32. The van der Waals surface area contributed by atoms with E-state index in [-0.39, 0.29) is 12.5 Å². The van der Waals surface area contributed by atoms with E-state index in [2.05, 4.69) is 15.7 Å². The number of hydrogen-bond donors (Lipinski definition) is 0. The number of aromatic nitrogens is 2. The molecular weight excluding hydrogens is 338 g/mol. The minimum absolute atomic E-state index is 0.0822. The zero-order chi connectivity index (χ0) is 18.5. The van der Waals surface area contributed by atoms with E-state index in [4.69, 9.17) is 4.74 Å². The normalized spacial score (nSPS) is 18.0. The Labute approximate surface area is 161 Å². The fourth-order valence-electron chi connectivity index (χ4n) is 4.32. The van der Waals surface area contributed by atoms with Crippen LogP contribution in [0.5, 0.6) is 5.75 Å². The average Bonchev–Trinajstić information content (AvgIpc) is 3.39. The van der Waals surface area contributed by atoms with E-state index in [1.807, 2.05) is 35.4 Å². The van der Waals surface area contributed by atoms with Gasteiger partial charge in [-0.1, -0.05) is 25.0 Å². The van der Waals surface area contributed by atoms with Crippen LogP contribution in [-0.4, -0.2) is 40.1 Å². The van der Waals surface area contributed by atoms with Gasteiger partial charge in [0.15, 0.2) is 6.61 Å². The van der Waals surface area contributed by atoms with Crippen LogP contribution in [0.2, 0.25) is 0 Å². The maximum absolute atomic E-state index is 12.4. The second-order valence-electron chi connectivity index (χ2n) is 7.78. The Morgan fingerprint density at radius 3 is 2.67 bits per heavy atom. The molecule has 2 aliphatic rings. The summed E-state index contributed by atoms with van der Waals surface area (Å²) in [6.45, 7) is 2.82. The minimum atomic E-state index is 0.0822. The van der Waals surface area contributed by atoms with Crippen LogP contribution >= 0.6 is 0 Å². The quantitative estimate of drug-likeness (QED) is 0.771. The van der Waals surface area contributed by atoms with Crippen molar-refractivity contribution in [2.75, 3.05) is 19.7 Å². The zero-order valence-corrected chi connectivity index (χ0v) is 16.0. The zero-order valence-electron chi connectivity index (χ0n) is 16.0. The van der Waals surface area contributed by atoms with Gasteiger partial charge in [0.2, 0.25) is 0 Å². The molecule has 1 aromatic heterocycles. The van der Waals surface area contributed by atoms with Crippen molar-refractivity contribution < 1.29 is 9.53 Å². The first-order valence-corrected chi connectivity index (χ1v) is 10.3. The number of hydrogen-bond acceptors (Lipinski definition) is 3. The maximum Gasteiger partial charge on any atom is 0.260 e. The van der Waals surface area contributed by atoms with Crippen molar-refractivity contribution in [1.29, 1.82) is 0 Å². The number of imidazole rings is 1. The maximum atomic E-state index is 12.4. The Balaban J connectivity index is 1.46. The first kappa shape index (κ1) is 18.1. The third-order valence-electron chi connectivity index (χ3n) is 5.83. The first-order chi connectivity index (χ1) is 13.3. The summed E-state index contributed by atoms with van der Waals surface area (Å²) in [5, 5.41) is 0. The molecule has 4 rings (SSSR count). The summed E-state index contributed by atoms with van der Waals surface area (Å²) < 4.78 is 8.20. The summed E-state index contributed by atoms with van der Waals surface area (Å²) in [7, 11) is 0. The van der Waals surface area contributed by atoms with E-state index < -0.39 is 0 Å². The predicted molar refractivity (Wildman–Crippen MR) is 106 cm³/mol. The van der Waals surface area contributed by atoms with E-state index in [1.165, 1.54) is 32.1 Å². The smallest absolute Gasteiger partial charge is 0.260 e. The number of para-hydroxylation sites is 1. The van der Waals surface area contributed by atoms with Gasteiger partial charge in [0, 0.05) is 32.0 Å². The number of carbonyl (C=O) groups excluding carboxylic acids is 1. The molecule has 1 amide bonds. The highest BCUT2D eigenvalue weighted by Crippen LogP contribution is 2.31. The molecule has 5 heteroatoms. The molecule has 2 fully saturated rings. The SMILES string of the molecule is O=C(COc1ccccc1-c1nccn1CC1CCCC1)N1CCCCC1. The number of likely N-dealkylation sites (tertiary alicyclic amines) is 1. The van der Waals surface area contributed by atoms with Crippen molar-refractivity contribution in [2.45, 2.75) is 51.5 Å². The molecular formula is C22H29N3O2. The number of amides is 1. The minimum Gasteiger partial charge on any atom is -0.483 e. The lowest BCUT2D eigenvalue weighted by Gasteiger charge is -2.26. The molecule has 144 valence electrons. The molecule has 1 aliphatic carbocycles. The molecule has 5 nitrogen and oxygen atoms in total. The van der Waals surface area contributed by atoms with Gasteiger partial charge in [0.1, 0.15) is 11.6 Å². The summed E-state index contributed by atoms with van der Waals surface area (Å²) in [6.07, 6.45) is 12.6. The van der Waals surface area contributed by atoms with Crippen LogP contribution < -0.4 is 4.74 Å². The van der Waals surface area contributed by atoms with Crippen LogP contribution in [0.3, 0.4) is 0 Å². The molecule has 1 aromatic carbocycles. The first-order valence-electron chi connectivity index (χ1n) is 10.3. The summed E-state index contributed by atoms with van der Waals surface area (Å²) >= 11 is 0. The molecule has 0 radical (unpaired) electrons. The number of ether oxygens (including phenoxy) is 1. The third kappa shape index (κ3) is 4.34. The van der Waals surface area contributed by atoms with Gasteiger partial charge >= 0.3 is 0 Å². The molecule has 1 saturated heterocycles. The van der Waals surface area contributed by atoms with Crippen molar-refractivity contribution in [2.24, 2.45) is 5.92 Å². The van der Waals surface area contributed by atoms with E-state index >= 15 is 0 Å². The Bertz CT molecular complexity index is 758. The molecule has 27 heavy (non-hydrogen) atoms. The van der Waals surface area contributed by atoms with Crippen LogP contribution in [0.4, 0.5) is 0 Å². The van der Waals surface area contributed by atoms with Gasteiger partial charge in [-0.3, -0.25) is 4.79 Å². The number of carbonyl (C=O) groups is 1. The molecule has 0 atom stereocenters. The lowest BCUT2D eigenvalue weighted by molar-refractivity contribution is -0.134. The summed E-state index contributed by atoms with van der Waals surface area (Å²) in [5.74, 6) is 2.50. The summed E-state index contributed by atoms with van der Waals surface area (Å²) in [6, 6.07) is 7.93. The van der Waals surface area contributed by atoms with Crippen LogP contribution in [-0.2, 0) is 11.3 Å². The fraction of sp³-hybridized carbons (Fsp3) is 0.545. The molecule has 0 N–H and O–H groups in total. The van der Waals surface area contributed by atoms with E-state index in [0.717, 1.165) is 55.5 Å². The molecule has 0 bridgehead atoms. The number of benzene rings is 1. The largest absolute Gasteiger partial charge is 0.483 e. The van der Waals surface area contributed by atoms with Crippen LogP contribution in [0, 0.1) is 5.92 Å². The van der Waals surface area contributed by atoms with E-state index in [1.54, 1.807) is 0 Å². The molecule has 0 unspecified atom stereocenters. The Kier molecular flexibility index (Phi) is 5.75. The monoisotopic (exact) mass is 367 g/mol. The van der Waals surface area contributed by atoms with Gasteiger partial charge in [0.25, 0.3) is 5.91 Å². The number of nitrogens with zero attached hydrogens (tertiary/aromatic N) is 3. The van der Waals surface area contributed by atoms with Crippen molar-refractivity contribution in [3.63, 3.8) is 0 Å². The van der Waals surface area contributed by atoms with Gasteiger partial charge in [-0.25, -0.2) is 4.98 Å². The second-order valence-corrected chi connectivity index (χ2v) is 7.78. The lowest BCUT2D eigenvalue weighted by atomic mass is 10.1. The van der Waals surface area contributed by atoms with Gasteiger partial charge in [-0.2, -0.15) is 0 Å². The highest BCUT2D eigenvalue weighted by Gasteiger charge is 2.20. The molecule has 2 heterocycles. The highest BCUT2D eigenvalue weighted by molar-refractivity contribution is 5.78. The molecule has 2 aromatic rings. The standard InChI is InChI=1S/C22H29N3O2/c26-21(24-13-6-1-7-14-24)17-27-20-11-5-4-10-19(20)22-23-12-15-25(22)16-18-8-2-3-9-18/h4-5,10-12,15,18H,1-3,6-9,13-14,16-17H2. The van der Waals surface area contributed by atoms with Crippen molar-refractivity contribution in [3.8, 4) is 17.1 Å². The highest BCUT2D eigenvalue weighted by atomic mass is 16.5. The third-order valence-corrected chi connectivity index (χ3v) is 5.83. The summed E-state index contributed by atoms with van der Waals surface area (Å²) in [4.78, 5) is 19.0. The predicted octanol–water partition coefficient (Wildman–Crippen LogP) is 4.13. The molecule has 1 aliphatic heterocycles. The number of piperidine rings is 1. The van der Waals surface area contributed by atoms with Crippen molar-refractivity contribution in [1.82, 2.24) is 14.5 Å². The van der Waals surface area contributed by atoms with Gasteiger partial charge < -0.3 is 14.2 Å². The van der Waals surface area contributed by atoms with Gasteiger partial charge in [0.05, 0.1) is 5.56 Å². The number of rotatable bonds is 6. The van der Waals surface area contributed by atoms with E-state index in [0.29, 0.717) is 0 Å². The van der Waals surface area contributed by atoms with E-state index in [9.17, 15) is 4.79 Å². The lowest BCUT2D eigenvalue weighted by Crippen LogP contribution is -2.38. The van der Waals surface area contributed by atoms with Crippen LogP contribution in [0.15, 0.2) is 36.7 Å². The Hall–Kier alpha value is -2.30. The second kappa shape index (κ2) is 8.59. The average molecular weight is 367 g/mol. The van der Waals surface area contributed by atoms with Crippen LogP contribution in [0.25, 0.3) is 11.4 Å². The molecule has 0 spiro atoms. The summed E-state index contributed by atoms with van der Waals surface area (Å²) in [5.41, 5.74) is 0.965. The van der Waals surface area contributed by atoms with Crippen molar-refractivity contribution in [3.05, 3.63) is 36.7 Å². The Morgan fingerprint density at radius 2 is 1.85 bits per heavy atom. The van der Waals surface area contributed by atoms with Crippen LogP contribution in [0.1, 0.15) is 44.9 Å².